The molecular formula is C58H98O3S. The van der Waals surface area contributed by atoms with Crippen LogP contribution in [0.15, 0.2) is 53.4 Å². The fourth-order valence-electron chi connectivity index (χ4n) is 8.45. The van der Waals surface area contributed by atoms with E-state index < -0.39 is 0 Å². The SMILES string of the molecule is CCCCCCCCCCCCCCCCCCCCOc1cc(/C=C/C(=O)c2ccc(SCCC)cc2)cc(OCCCCCCCCCCCCCCCCCCCC)c1. The lowest BCUT2D eigenvalue weighted by Crippen LogP contribution is -2.01. The molecule has 0 atom stereocenters. The first-order valence-corrected chi connectivity index (χ1v) is 28.0. The second-order valence-electron chi connectivity index (χ2n) is 18.5. The number of thioether (sulfide) groups is 1. The molecule has 4 heteroatoms. The highest BCUT2D eigenvalue weighted by Gasteiger charge is 2.06. The van der Waals surface area contributed by atoms with Crippen LogP contribution < -0.4 is 9.47 Å². The molecular weight excluding hydrogens is 777 g/mol. The molecule has 0 heterocycles. The van der Waals surface area contributed by atoms with E-state index in [0.29, 0.717) is 18.8 Å². The van der Waals surface area contributed by atoms with Crippen molar-refractivity contribution in [3.63, 3.8) is 0 Å². The molecule has 0 aliphatic heterocycles. The van der Waals surface area contributed by atoms with Crippen molar-refractivity contribution in [1.82, 2.24) is 0 Å². The summed E-state index contributed by atoms with van der Waals surface area (Å²) in [5.74, 6) is 2.77. The maximum absolute atomic E-state index is 13.1. The molecule has 0 N–H and O–H groups in total. The predicted molar refractivity (Wildman–Crippen MR) is 276 cm³/mol. The van der Waals surface area contributed by atoms with Gasteiger partial charge in [0, 0.05) is 16.5 Å². The molecule has 0 amide bonds. The third-order valence-electron chi connectivity index (χ3n) is 12.5. The normalized spacial score (nSPS) is 11.5. The van der Waals surface area contributed by atoms with E-state index in [1.54, 1.807) is 6.08 Å². The van der Waals surface area contributed by atoms with Crippen molar-refractivity contribution in [2.24, 2.45) is 0 Å². The highest BCUT2D eigenvalue weighted by atomic mass is 32.2. The Morgan fingerprint density at radius 3 is 1.06 bits per heavy atom. The zero-order chi connectivity index (χ0) is 44.2. The molecule has 0 saturated carbocycles. The van der Waals surface area contributed by atoms with E-state index >= 15 is 0 Å². The Balaban J connectivity index is 1.65. The first-order chi connectivity index (χ1) is 30.7. The molecule has 0 radical (unpaired) electrons. The molecule has 0 aliphatic carbocycles. The molecule has 0 bridgehead atoms. The van der Waals surface area contributed by atoms with Gasteiger partial charge in [0.05, 0.1) is 13.2 Å². The molecule has 2 aromatic rings. The van der Waals surface area contributed by atoms with Crippen LogP contribution in [0.2, 0.25) is 0 Å². The van der Waals surface area contributed by atoms with Gasteiger partial charge < -0.3 is 9.47 Å². The van der Waals surface area contributed by atoms with Gasteiger partial charge in [-0.25, -0.2) is 0 Å². The van der Waals surface area contributed by atoms with Crippen molar-refractivity contribution in [2.45, 2.75) is 263 Å². The Morgan fingerprint density at radius 2 is 0.742 bits per heavy atom. The number of carbonyl (C=O) groups is 1. The fourth-order valence-corrected chi connectivity index (χ4v) is 9.22. The Morgan fingerprint density at radius 1 is 0.419 bits per heavy atom. The highest BCUT2D eigenvalue weighted by molar-refractivity contribution is 7.99. The quantitative estimate of drug-likeness (QED) is 0.0287. The Labute approximate surface area is 389 Å². The van der Waals surface area contributed by atoms with Crippen LogP contribution in [0.3, 0.4) is 0 Å². The Kier molecular flexibility index (Phi) is 38.6. The van der Waals surface area contributed by atoms with Gasteiger partial charge in [0.2, 0.25) is 0 Å². The van der Waals surface area contributed by atoms with Gasteiger partial charge in [0.25, 0.3) is 0 Å². The zero-order valence-corrected chi connectivity index (χ0v) is 41.9. The molecule has 3 nitrogen and oxygen atoms in total. The molecule has 2 aromatic carbocycles. The van der Waals surface area contributed by atoms with Crippen LogP contribution in [-0.4, -0.2) is 24.7 Å². The van der Waals surface area contributed by atoms with Gasteiger partial charge in [0.1, 0.15) is 11.5 Å². The number of carbonyl (C=O) groups excluding carboxylic acids is 1. The number of hydrogen-bond donors (Lipinski definition) is 0. The average Bonchev–Trinajstić information content (AvgIpc) is 3.29. The Bertz CT molecular complexity index is 1240. The van der Waals surface area contributed by atoms with E-state index in [2.05, 4.69) is 32.9 Å². The predicted octanol–water partition coefficient (Wildman–Crippen LogP) is 19.9. The van der Waals surface area contributed by atoms with Gasteiger partial charge >= 0.3 is 0 Å². The van der Waals surface area contributed by atoms with E-state index in [-0.39, 0.29) is 5.78 Å². The molecule has 2 rings (SSSR count). The summed E-state index contributed by atoms with van der Waals surface area (Å²) in [7, 11) is 0. The number of rotatable bonds is 46. The van der Waals surface area contributed by atoms with Crippen LogP contribution in [0, 0.1) is 0 Å². The monoisotopic (exact) mass is 875 g/mol. The molecule has 0 saturated heterocycles. The van der Waals surface area contributed by atoms with Crippen LogP contribution in [0.5, 0.6) is 11.5 Å². The van der Waals surface area contributed by atoms with Gasteiger partial charge in [-0.1, -0.05) is 245 Å². The first-order valence-electron chi connectivity index (χ1n) is 27.0. The molecule has 0 aliphatic rings. The van der Waals surface area contributed by atoms with Crippen molar-refractivity contribution in [1.29, 1.82) is 0 Å². The van der Waals surface area contributed by atoms with Gasteiger partial charge in [-0.15, -0.1) is 11.8 Å². The van der Waals surface area contributed by atoms with Crippen LogP contribution in [0.4, 0.5) is 0 Å². The van der Waals surface area contributed by atoms with Crippen molar-refractivity contribution in [2.75, 3.05) is 19.0 Å². The highest BCUT2D eigenvalue weighted by Crippen LogP contribution is 2.26. The lowest BCUT2D eigenvalue weighted by molar-refractivity contribution is 0.104. The summed E-state index contributed by atoms with van der Waals surface area (Å²) < 4.78 is 12.6. The number of unbranched alkanes of at least 4 members (excludes halogenated alkanes) is 34. The third kappa shape index (κ3) is 33.3. The maximum atomic E-state index is 13.1. The average molecular weight is 875 g/mol. The number of hydrogen-bond acceptors (Lipinski definition) is 4. The lowest BCUT2D eigenvalue weighted by Gasteiger charge is -2.12. The summed E-state index contributed by atoms with van der Waals surface area (Å²) in [6, 6.07) is 14.1. The van der Waals surface area contributed by atoms with E-state index in [1.165, 1.54) is 223 Å². The summed E-state index contributed by atoms with van der Waals surface area (Å²) in [6.07, 6.45) is 54.3. The molecule has 0 aromatic heterocycles. The summed E-state index contributed by atoms with van der Waals surface area (Å²) in [6.45, 7) is 8.22. The summed E-state index contributed by atoms with van der Waals surface area (Å²) in [5, 5.41) is 0. The summed E-state index contributed by atoms with van der Waals surface area (Å²) in [5.41, 5.74) is 1.66. The minimum atomic E-state index is 0.0171. The van der Waals surface area contributed by atoms with Crippen molar-refractivity contribution in [3.05, 3.63) is 59.7 Å². The standard InChI is InChI=1S/C58H98O3S/c1-4-7-9-11-13-15-17-19-21-23-25-27-29-31-33-35-37-39-47-60-55-50-53(41-46-58(59)54-42-44-57(45-43-54)62-49-6-3)51-56(52-55)61-48-40-38-36-34-32-30-28-26-24-22-20-18-16-14-12-10-8-5-2/h41-46,50-52H,4-40,47-49H2,1-3H3/b46-41+. The second-order valence-corrected chi connectivity index (χ2v) is 19.7. The lowest BCUT2D eigenvalue weighted by atomic mass is 10.0. The van der Waals surface area contributed by atoms with Gasteiger partial charge in [0.15, 0.2) is 5.78 Å². The number of benzene rings is 2. The molecule has 354 valence electrons. The molecule has 62 heavy (non-hydrogen) atoms. The second kappa shape index (κ2) is 42.7. The van der Waals surface area contributed by atoms with Crippen LogP contribution in [0.1, 0.15) is 274 Å². The van der Waals surface area contributed by atoms with Gasteiger partial charge in [-0.3, -0.25) is 4.79 Å². The van der Waals surface area contributed by atoms with E-state index in [0.717, 1.165) is 42.1 Å². The number of ketones is 1. The van der Waals surface area contributed by atoms with Gasteiger partial charge in [-0.05, 0) is 73.1 Å². The number of allylic oxidation sites excluding steroid dienone is 1. The summed E-state index contributed by atoms with van der Waals surface area (Å²) in [4.78, 5) is 14.3. The van der Waals surface area contributed by atoms with E-state index in [4.69, 9.17) is 9.47 Å². The van der Waals surface area contributed by atoms with Gasteiger partial charge in [-0.2, -0.15) is 0 Å². The van der Waals surface area contributed by atoms with Crippen LogP contribution >= 0.6 is 11.8 Å². The van der Waals surface area contributed by atoms with Crippen molar-refractivity contribution < 1.29 is 14.3 Å². The van der Waals surface area contributed by atoms with Crippen molar-refractivity contribution in [3.8, 4) is 11.5 Å². The smallest absolute Gasteiger partial charge is 0.185 e. The largest absolute Gasteiger partial charge is 0.493 e. The summed E-state index contributed by atoms with van der Waals surface area (Å²) >= 11 is 1.84. The first kappa shape index (κ1) is 55.9. The van der Waals surface area contributed by atoms with Crippen LogP contribution in [-0.2, 0) is 0 Å². The minimum absolute atomic E-state index is 0.0171. The third-order valence-corrected chi connectivity index (χ3v) is 13.7. The topological polar surface area (TPSA) is 35.5 Å². The van der Waals surface area contributed by atoms with E-state index in [1.807, 2.05) is 48.2 Å². The molecule has 0 spiro atoms. The molecule has 0 unspecified atom stereocenters. The maximum Gasteiger partial charge on any atom is 0.185 e. The van der Waals surface area contributed by atoms with Crippen LogP contribution in [0.25, 0.3) is 6.08 Å². The minimum Gasteiger partial charge on any atom is -0.493 e. The molecule has 0 fully saturated rings. The number of ether oxygens (including phenoxy) is 2. The fraction of sp³-hybridized carbons (Fsp3) is 0.741. The zero-order valence-electron chi connectivity index (χ0n) is 41.1. The Hall–Kier alpha value is -2.20. The van der Waals surface area contributed by atoms with Crippen molar-refractivity contribution >= 4 is 23.6 Å². The van der Waals surface area contributed by atoms with E-state index in [9.17, 15) is 4.79 Å².